The molecule has 2 aliphatic rings. The summed E-state index contributed by atoms with van der Waals surface area (Å²) in [6.07, 6.45) is 5.78. The number of amides is 1. The third-order valence-electron chi connectivity index (χ3n) is 5.76. The fraction of sp³-hybridized carbons (Fsp3) is 0.417. The van der Waals surface area contributed by atoms with E-state index in [1.165, 1.54) is 28.7 Å². The Kier molecular flexibility index (Phi) is 5.77. The van der Waals surface area contributed by atoms with Gasteiger partial charge in [-0.05, 0) is 68.9 Å². The molecule has 1 aromatic heterocycles. The molecule has 1 saturated heterocycles. The van der Waals surface area contributed by atoms with Gasteiger partial charge >= 0.3 is 0 Å². The molecule has 1 aromatic carbocycles. The number of likely N-dealkylation sites (tertiary alicyclic amines) is 1. The van der Waals surface area contributed by atoms with E-state index >= 15 is 0 Å². The second-order valence-electron chi connectivity index (χ2n) is 8.12. The van der Waals surface area contributed by atoms with Crippen molar-refractivity contribution in [2.75, 3.05) is 13.2 Å². The lowest BCUT2D eigenvalue weighted by Gasteiger charge is -2.23. The molecule has 30 heavy (non-hydrogen) atoms. The van der Waals surface area contributed by atoms with E-state index in [2.05, 4.69) is 0 Å². The number of aryl methyl sites for hydroxylation is 2. The predicted molar refractivity (Wildman–Crippen MR) is 112 cm³/mol. The molecule has 1 aliphatic heterocycles. The van der Waals surface area contributed by atoms with Gasteiger partial charge in [0.05, 0.1) is 24.5 Å². The topological polar surface area (TPSA) is 80.0 Å². The zero-order valence-corrected chi connectivity index (χ0v) is 17.4. The maximum atomic E-state index is 12.9. The first-order valence-corrected chi connectivity index (χ1v) is 10.5. The van der Waals surface area contributed by atoms with Gasteiger partial charge in [-0.2, -0.15) is 0 Å². The van der Waals surface area contributed by atoms with Crippen LogP contribution in [0.4, 0.5) is 0 Å². The molecule has 0 radical (unpaired) electrons. The summed E-state index contributed by atoms with van der Waals surface area (Å²) in [7, 11) is 0. The Morgan fingerprint density at radius 2 is 1.97 bits per heavy atom. The minimum Gasteiger partial charge on any atom is -0.507 e. The summed E-state index contributed by atoms with van der Waals surface area (Å²) in [4.78, 5) is 27.2. The standard InChI is InChI=1S/C24H27NO5/c1-15(2)29-13-11-25-21(19-8-5-12-30-19)20(23(27)24(25)28)22(26)18-10-9-16-6-3-4-7-17(16)14-18/h5,8-10,12,14-15,21,26H,3-4,6-7,11,13H2,1-2H3/b22-20-. The number of ketones is 1. The highest BCUT2D eigenvalue weighted by molar-refractivity contribution is 6.46. The highest BCUT2D eigenvalue weighted by atomic mass is 16.5. The van der Waals surface area contributed by atoms with Crippen LogP contribution in [-0.2, 0) is 27.2 Å². The van der Waals surface area contributed by atoms with E-state index in [0.717, 1.165) is 19.3 Å². The van der Waals surface area contributed by atoms with E-state index in [9.17, 15) is 14.7 Å². The highest BCUT2D eigenvalue weighted by Crippen LogP contribution is 2.39. The Hall–Kier alpha value is -2.86. The van der Waals surface area contributed by atoms with Gasteiger partial charge in [0.25, 0.3) is 11.7 Å². The third-order valence-corrected chi connectivity index (χ3v) is 5.76. The van der Waals surface area contributed by atoms with Crippen LogP contribution in [0.25, 0.3) is 5.76 Å². The Bertz CT molecular complexity index is 973. The van der Waals surface area contributed by atoms with Gasteiger partial charge < -0.3 is 19.2 Å². The SMILES string of the molecule is CC(C)OCCN1C(=O)C(=O)/C(=C(\O)c2ccc3c(c2)CCCC3)C1c1ccco1. The van der Waals surface area contributed by atoms with Gasteiger partial charge in [0.15, 0.2) is 0 Å². The molecule has 4 rings (SSSR count). The number of Topliss-reactive ketones (excluding diaryl/α,β-unsaturated/α-hetero) is 1. The zero-order chi connectivity index (χ0) is 21.3. The van der Waals surface area contributed by atoms with Gasteiger partial charge in [0.2, 0.25) is 0 Å². The molecule has 1 unspecified atom stereocenters. The smallest absolute Gasteiger partial charge is 0.295 e. The molecule has 1 amide bonds. The summed E-state index contributed by atoms with van der Waals surface area (Å²) in [6, 6.07) is 8.43. The molecule has 1 N–H and O–H groups in total. The van der Waals surface area contributed by atoms with Crippen molar-refractivity contribution >= 4 is 17.4 Å². The quantitative estimate of drug-likeness (QED) is 0.443. The molecule has 0 saturated carbocycles. The van der Waals surface area contributed by atoms with Crippen LogP contribution < -0.4 is 0 Å². The first-order chi connectivity index (χ1) is 14.5. The second-order valence-corrected chi connectivity index (χ2v) is 8.12. The van der Waals surface area contributed by atoms with Crippen LogP contribution in [0.5, 0.6) is 0 Å². The molecule has 6 nitrogen and oxygen atoms in total. The number of hydrogen-bond acceptors (Lipinski definition) is 5. The molecule has 1 atom stereocenters. The van der Waals surface area contributed by atoms with Gasteiger partial charge in [0.1, 0.15) is 17.6 Å². The molecule has 1 fully saturated rings. The van der Waals surface area contributed by atoms with E-state index in [1.54, 1.807) is 12.1 Å². The summed E-state index contributed by atoms with van der Waals surface area (Å²) in [5, 5.41) is 11.1. The molecule has 1 aliphatic carbocycles. The minimum absolute atomic E-state index is 0.0133. The monoisotopic (exact) mass is 409 g/mol. The predicted octanol–water partition coefficient (Wildman–Crippen LogP) is 4.01. The first kappa shape index (κ1) is 20.4. The van der Waals surface area contributed by atoms with Crippen molar-refractivity contribution in [1.82, 2.24) is 4.90 Å². The fourth-order valence-corrected chi connectivity index (χ4v) is 4.28. The number of hydrogen-bond donors (Lipinski definition) is 1. The van der Waals surface area contributed by atoms with Crippen LogP contribution in [0.3, 0.4) is 0 Å². The molecule has 6 heteroatoms. The number of rotatable bonds is 6. The van der Waals surface area contributed by atoms with Crippen molar-refractivity contribution in [3.05, 3.63) is 64.6 Å². The van der Waals surface area contributed by atoms with Gasteiger partial charge in [-0.3, -0.25) is 9.59 Å². The van der Waals surface area contributed by atoms with Crippen molar-refractivity contribution in [3.63, 3.8) is 0 Å². The lowest BCUT2D eigenvalue weighted by Crippen LogP contribution is -2.33. The molecule has 2 aromatic rings. The number of nitrogens with zero attached hydrogens (tertiary/aromatic N) is 1. The summed E-state index contributed by atoms with van der Waals surface area (Å²) in [5.41, 5.74) is 3.10. The lowest BCUT2D eigenvalue weighted by molar-refractivity contribution is -0.140. The number of benzene rings is 1. The van der Waals surface area contributed by atoms with Gasteiger partial charge in [0, 0.05) is 12.1 Å². The molecule has 158 valence electrons. The van der Waals surface area contributed by atoms with Crippen LogP contribution in [0.1, 0.15) is 55.2 Å². The molecule has 2 heterocycles. The number of carbonyl (C=O) groups is 2. The number of ether oxygens (including phenoxy) is 1. The van der Waals surface area contributed by atoms with Crippen LogP contribution in [-0.4, -0.2) is 41.0 Å². The van der Waals surface area contributed by atoms with E-state index in [1.807, 2.05) is 32.0 Å². The number of aliphatic hydroxyl groups excluding tert-OH is 1. The van der Waals surface area contributed by atoms with Crippen molar-refractivity contribution in [3.8, 4) is 0 Å². The van der Waals surface area contributed by atoms with Crippen LogP contribution in [0.2, 0.25) is 0 Å². The number of furan rings is 1. The van der Waals surface area contributed by atoms with E-state index in [-0.39, 0.29) is 24.0 Å². The summed E-state index contributed by atoms with van der Waals surface area (Å²) >= 11 is 0. The Balaban J connectivity index is 1.74. The maximum absolute atomic E-state index is 12.9. The van der Waals surface area contributed by atoms with E-state index in [4.69, 9.17) is 9.15 Å². The number of fused-ring (bicyclic) bond motifs is 1. The van der Waals surface area contributed by atoms with Gasteiger partial charge in [-0.1, -0.05) is 12.1 Å². The fourth-order valence-electron chi connectivity index (χ4n) is 4.28. The highest BCUT2D eigenvalue weighted by Gasteiger charge is 2.47. The van der Waals surface area contributed by atoms with Gasteiger partial charge in [-0.25, -0.2) is 0 Å². The minimum atomic E-state index is -0.771. The number of carbonyl (C=O) groups excluding carboxylic acids is 2. The second kappa shape index (κ2) is 8.48. The van der Waals surface area contributed by atoms with Crippen LogP contribution in [0, 0.1) is 0 Å². The Labute approximate surface area is 176 Å². The molecular formula is C24H27NO5. The molecular weight excluding hydrogens is 382 g/mol. The largest absolute Gasteiger partial charge is 0.507 e. The van der Waals surface area contributed by atoms with Gasteiger partial charge in [-0.15, -0.1) is 0 Å². The van der Waals surface area contributed by atoms with Crippen LogP contribution >= 0.6 is 0 Å². The van der Waals surface area contributed by atoms with Crippen molar-refractivity contribution in [2.45, 2.75) is 51.7 Å². The Morgan fingerprint density at radius 3 is 2.67 bits per heavy atom. The zero-order valence-electron chi connectivity index (χ0n) is 17.4. The molecule has 0 spiro atoms. The number of aliphatic hydroxyl groups is 1. The normalized spacial score (nSPS) is 20.8. The van der Waals surface area contributed by atoms with Crippen LogP contribution in [0.15, 0.2) is 46.6 Å². The average Bonchev–Trinajstić information content (AvgIpc) is 3.35. The summed E-state index contributed by atoms with van der Waals surface area (Å²) in [6.45, 7) is 4.35. The van der Waals surface area contributed by atoms with E-state index < -0.39 is 17.7 Å². The van der Waals surface area contributed by atoms with Crippen molar-refractivity contribution < 1.29 is 23.8 Å². The lowest BCUT2D eigenvalue weighted by atomic mass is 9.89. The first-order valence-electron chi connectivity index (χ1n) is 10.5. The van der Waals surface area contributed by atoms with Crippen molar-refractivity contribution in [1.29, 1.82) is 0 Å². The van der Waals surface area contributed by atoms with Crippen molar-refractivity contribution in [2.24, 2.45) is 0 Å². The third kappa shape index (κ3) is 3.79. The molecule has 0 bridgehead atoms. The maximum Gasteiger partial charge on any atom is 0.295 e. The summed E-state index contributed by atoms with van der Waals surface area (Å²) < 4.78 is 11.1. The average molecular weight is 409 g/mol. The van der Waals surface area contributed by atoms with E-state index in [0.29, 0.717) is 17.9 Å². The summed E-state index contributed by atoms with van der Waals surface area (Å²) in [5.74, 6) is -1.06. The Morgan fingerprint density at radius 1 is 1.20 bits per heavy atom.